The molecule has 3 atom stereocenters. The predicted molar refractivity (Wildman–Crippen MR) is 82.0 cm³/mol. The molecule has 3 aliphatic rings. The van der Waals surface area contributed by atoms with Gasteiger partial charge in [-0.05, 0) is 38.5 Å². The molecule has 4 nitrogen and oxygen atoms in total. The van der Waals surface area contributed by atoms with Crippen LogP contribution in [0.4, 0.5) is 0 Å². The van der Waals surface area contributed by atoms with Crippen molar-refractivity contribution in [1.82, 2.24) is 10.6 Å². The Kier molecular flexibility index (Phi) is 4.81. The van der Waals surface area contributed by atoms with Crippen molar-refractivity contribution >= 4 is 5.96 Å². The van der Waals surface area contributed by atoms with Crippen LogP contribution in [-0.2, 0) is 4.74 Å². The summed E-state index contributed by atoms with van der Waals surface area (Å²) < 4.78 is 5.90. The summed E-state index contributed by atoms with van der Waals surface area (Å²) in [6.45, 7) is 4.02. The lowest BCUT2D eigenvalue weighted by molar-refractivity contribution is 0.0992. The lowest BCUT2D eigenvalue weighted by Gasteiger charge is -2.22. The van der Waals surface area contributed by atoms with Gasteiger partial charge >= 0.3 is 0 Å². The molecular weight excluding hydrogens is 250 g/mol. The number of nitrogens with one attached hydrogen (secondary N) is 2. The number of guanidine groups is 1. The lowest BCUT2D eigenvalue weighted by Crippen LogP contribution is -2.47. The third-order valence-electron chi connectivity index (χ3n) is 5.05. The predicted octanol–water partition coefficient (Wildman–Crippen LogP) is 2.44. The second-order valence-electron chi connectivity index (χ2n) is 6.56. The minimum Gasteiger partial charge on any atom is -0.373 e. The molecule has 0 aromatic carbocycles. The van der Waals surface area contributed by atoms with Crippen LogP contribution in [0.25, 0.3) is 0 Å². The molecule has 114 valence electrons. The van der Waals surface area contributed by atoms with E-state index in [0.717, 1.165) is 31.4 Å². The first-order chi connectivity index (χ1) is 9.85. The van der Waals surface area contributed by atoms with E-state index in [4.69, 9.17) is 9.73 Å². The minimum atomic E-state index is 0.415. The van der Waals surface area contributed by atoms with E-state index in [0.29, 0.717) is 18.2 Å². The molecule has 3 unspecified atom stereocenters. The van der Waals surface area contributed by atoms with E-state index in [-0.39, 0.29) is 0 Å². The summed E-state index contributed by atoms with van der Waals surface area (Å²) in [5.74, 6) is 1.92. The number of aliphatic imine (C=N–C) groups is 1. The van der Waals surface area contributed by atoms with Gasteiger partial charge in [-0.2, -0.15) is 0 Å². The van der Waals surface area contributed by atoms with E-state index in [1.807, 2.05) is 0 Å². The Bertz CT molecular complexity index is 339. The fourth-order valence-electron chi connectivity index (χ4n) is 3.94. The van der Waals surface area contributed by atoms with Gasteiger partial charge in [0.2, 0.25) is 0 Å². The maximum atomic E-state index is 5.90. The molecule has 2 heterocycles. The van der Waals surface area contributed by atoms with Gasteiger partial charge < -0.3 is 15.4 Å². The SMILES string of the molecule is CCNC(=NCCC1CCCC1)NC1CC2CCC1O2. The molecule has 2 N–H and O–H groups in total. The van der Waals surface area contributed by atoms with Gasteiger partial charge in [-0.15, -0.1) is 0 Å². The molecular formula is C16H29N3O. The smallest absolute Gasteiger partial charge is 0.191 e. The van der Waals surface area contributed by atoms with E-state index in [1.165, 1.54) is 44.9 Å². The maximum Gasteiger partial charge on any atom is 0.191 e. The van der Waals surface area contributed by atoms with E-state index in [1.54, 1.807) is 0 Å². The molecule has 0 spiro atoms. The van der Waals surface area contributed by atoms with Crippen LogP contribution in [0.5, 0.6) is 0 Å². The number of rotatable bonds is 5. The third-order valence-corrected chi connectivity index (χ3v) is 5.05. The molecule has 2 saturated heterocycles. The number of hydrogen-bond donors (Lipinski definition) is 2. The van der Waals surface area contributed by atoms with Crippen LogP contribution in [0, 0.1) is 5.92 Å². The van der Waals surface area contributed by atoms with Crippen LogP contribution in [0.3, 0.4) is 0 Å². The summed E-state index contributed by atoms with van der Waals surface area (Å²) in [6.07, 6.45) is 11.5. The molecule has 3 fully saturated rings. The molecule has 1 saturated carbocycles. The number of ether oxygens (including phenoxy) is 1. The van der Waals surface area contributed by atoms with Crippen LogP contribution in [-0.4, -0.2) is 37.3 Å². The van der Waals surface area contributed by atoms with E-state index < -0.39 is 0 Å². The van der Waals surface area contributed by atoms with Crippen molar-refractivity contribution in [3.05, 3.63) is 0 Å². The van der Waals surface area contributed by atoms with Crippen LogP contribution in [0.15, 0.2) is 4.99 Å². The maximum absolute atomic E-state index is 5.90. The van der Waals surface area contributed by atoms with E-state index in [9.17, 15) is 0 Å². The average molecular weight is 279 g/mol. The van der Waals surface area contributed by atoms with Crippen LogP contribution in [0.2, 0.25) is 0 Å². The van der Waals surface area contributed by atoms with Gasteiger partial charge in [0, 0.05) is 13.1 Å². The van der Waals surface area contributed by atoms with Crippen LogP contribution < -0.4 is 10.6 Å². The zero-order valence-corrected chi connectivity index (χ0v) is 12.7. The molecule has 0 aromatic rings. The minimum absolute atomic E-state index is 0.415. The fraction of sp³-hybridized carbons (Fsp3) is 0.938. The van der Waals surface area contributed by atoms with Crippen molar-refractivity contribution in [2.75, 3.05) is 13.1 Å². The summed E-state index contributed by atoms with van der Waals surface area (Å²) in [5, 5.41) is 6.97. The van der Waals surface area contributed by atoms with Gasteiger partial charge in [-0.3, -0.25) is 4.99 Å². The second-order valence-corrected chi connectivity index (χ2v) is 6.56. The zero-order valence-electron chi connectivity index (χ0n) is 12.7. The van der Waals surface area contributed by atoms with Gasteiger partial charge in [0.1, 0.15) is 0 Å². The largest absolute Gasteiger partial charge is 0.373 e. The van der Waals surface area contributed by atoms with Crippen molar-refractivity contribution in [2.24, 2.45) is 10.9 Å². The Morgan fingerprint density at radius 3 is 2.70 bits per heavy atom. The normalized spacial score (nSPS) is 33.9. The second kappa shape index (κ2) is 6.79. The topological polar surface area (TPSA) is 45.7 Å². The summed E-state index contributed by atoms with van der Waals surface area (Å²) in [7, 11) is 0. The molecule has 0 aromatic heterocycles. The van der Waals surface area contributed by atoms with E-state index >= 15 is 0 Å². The zero-order chi connectivity index (χ0) is 13.8. The average Bonchev–Trinajstić information content (AvgIpc) is 3.16. The van der Waals surface area contributed by atoms with Gasteiger partial charge in [-0.1, -0.05) is 25.7 Å². The Balaban J connectivity index is 1.46. The molecule has 2 bridgehead atoms. The van der Waals surface area contributed by atoms with Crippen molar-refractivity contribution < 1.29 is 4.74 Å². The Morgan fingerprint density at radius 1 is 1.20 bits per heavy atom. The summed E-state index contributed by atoms with van der Waals surface area (Å²) in [5.41, 5.74) is 0. The van der Waals surface area contributed by atoms with Crippen LogP contribution >= 0.6 is 0 Å². The molecule has 4 heteroatoms. The van der Waals surface area contributed by atoms with E-state index in [2.05, 4.69) is 17.6 Å². The first-order valence-electron chi connectivity index (χ1n) is 8.55. The van der Waals surface area contributed by atoms with Crippen LogP contribution in [0.1, 0.15) is 58.3 Å². The van der Waals surface area contributed by atoms with Crippen molar-refractivity contribution in [3.8, 4) is 0 Å². The monoisotopic (exact) mass is 279 g/mol. The lowest BCUT2D eigenvalue weighted by atomic mass is 9.96. The first kappa shape index (κ1) is 14.2. The summed E-state index contributed by atoms with van der Waals surface area (Å²) in [6, 6.07) is 0.470. The van der Waals surface area contributed by atoms with Gasteiger partial charge in [-0.25, -0.2) is 0 Å². The molecule has 20 heavy (non-hydrogen) atoms. The highest BCUT2D eigenvalue weighted by Crippen LogP contribution is 2.34. The Morgan fingerprint density at radius 2 is 2.05 bits per heavy atom. The number of nitrogens with zero attached hydrogens (tertiary/aromatic N) is 1. The quantitative estimate of drug-likeness (QED) is 0.600. The third kappa shape index (κ3) is 3.46. The Hall–Kier alpha value is -0.770. The number of fused-ring (bicyclic) bond motifs is 2. The van der Waals surface area contributed by atoms with Crippen molar-refractivity contribution in [3.63, 3.8) is 0 Å². The molecule has 3 rings (SSSR count). The van der Waals surface area contributed by atoms with Gasteiger partial charge in [0.05, 0.1) is 18.2 Å². The highest BCUT2D eigenvalue weighted by atomic mass is 16.5. The summed E-state index contributed by atoms with van der Waals surface area (Å²) >= 11 is 0. The molecule has 2 aliphatic heterocycles. The highest BCUT2D eigenvalue weighted by molar-refractivity contribution is 5.80. The number of hydrogen-bond acceptors (Lipinski definition) is 2. The van der Waals surface area contributed by atoms with Crippen molar-refractivity contribution in [2.45, 2.75) is 76.5 Å². The fourth-order valence-corrected chi connectivity index (χ4v) is 3.94. The molecule has 1 aliphatic carbocycles. The Labute approximate surface area is 122 Å². The van der Waals surface area contributed by atoms with Crippen molar-refractivity contribution in [1.29, 1.82) is 0 Å². The molecule has 0 radical (unpaired) electrons. The van der Waals surface area contributed by atoms with Gasteiger partial charge in [0.15, 0.2) is 5.96 Å². The van der Waals surface area contributed by atoms with Gasteiger partial charge in [0.25, 0.3) is 0 Å². The summed E-state index contributed by atoms with van der Waals surface area (Å²) in [4.78, 5) is 4.76. The molecule has 0 amide bonds. The highest BCUT2D eigenvalue weighted by Gasteiger charge is 2.41. The first-order valence-corrected chi connectivity index (χ1v) is 8.55. The standard InChI is InChI=1S/C16H29N3O/c1-2-17-16(18-10-9-12-5-3-4-6-12)19-14-11-13-7-8-15(14)20-13/h12-15H,2-11H2,1H3,(H2,17,18,19).